The van der Waals surface area contributed by atoms with Crippen LogP contribution in [0.1, 0.15) is 0 Å². The van der Waals surface area contributed by atoms with E-state index in [1.807, 2.05) is 12.1 Å². The van der Waals surface area contributed by atoms with Gasteiger partial charge in [0.25, 0.3) is 0 Å². The number of hydrogen-bond acceptors (Lipinski definition) is 2. The zero-order chi connectivity index (χ0) is 31.9. The van der Waals surface area contributed by atoms with Crippen LogP contribution in [0.15, 0.2) is 192 Å². The van der Waals surface area contributed by atoms with Gasteiger partial charge in [-0.1, -0.05) is 121 Å². The third-order valence-electron chi connectivity index (χ3n) is 9.24. The molecule has 0 aliphatic heterocycles. The Bertz CT molecular complexity index is 2530. The summed E-state index contributed by atoms with van der Waals surface area (Å²) in [6, 6.07) is 66.9. The van der Waals surface area contributed by atoms with E-state index in [1.165, 1.54) is 44.2 Å². The molecule has 1 aromatic heterocycles. The summed E-state index contributed by atoms with van der Waals surface area (Å²) in [5.41, 5.74) is 12.4. The zero-order valence-corrected chi connectivity index (χ0v) is 26.3. The van der Waals surface area contributed by atoms with E-state index in [-0.39, 0.29) is 0 Å². The number of furan rings is 1. The molecule has 0 spiro atoms. The Hall–Kier alpha value is -6.38. The van der Waals surface area contributed by atoms with Crippen LogP contribution in [0.2, 0.25) is 0 Å². The minimum Gasteiger partial charge on any atom is -0.456 e. The second-order valence-corrected chi connectivity index (χ2v) is 12.2. The Morgan fingerprint density at radius 3 is 1.50 bits per heavy atom. The number of fused-ring (bicyclic) bond motifs is 4. The van der Waals surface area contributed by atoms with Crippen LogP contribution in [-0.4, -0.2) is 0 Å². The summed E-state index contributed by atoms with van der Waals surface area (Å²) >= 11 is 0. The minimum atomic E-state index is 0.921. The third-order valence-corrected chi connectivity index (χ3v) is 9.24. The minimum absolute atomic E-state index is 0.921. The molecule has 0 amide bonds. The first-order chi connectivity index (χ1) is 23.8. The van der Waals surface area contributed by atoms with Gasteiger partial charge in [-0.2, -0.15) is 0 Å². The number of para-hydroxylation sites is 2. The first kappa shape index (κ1) is 27.9. The molecule has 0 unspecified atom stereocenters. The van der Waals surface area contributed by atoms with E-state index in [4.69, 9.17) is 4.42 Å². The van der Waals surface area contributed by atoms with Gasteiger partial charge in [-0.15, -0.1) is 0 Å². The van der Waals surface area contributed by atoms with Crippen molar-refractivity contribution in [3.05, 3.63) is 188 Å². The summed E-state index contributed by atoms with van der Waals surface area (Å²) in [6.45, 7) is 0. The van der Waals surface area contributed by atoms with Crippen molar-refractivity contribution in [2.45, 2.75) is 0 Å². The van der Waals surface area contributed by atoms with Gasteiger partial charge in [0.15, 0.2) is 0 Å². The van der Waals surface area contributed by atoms with Gasteiger partial charge in [0, 0.05) is 27.8 Å². The topological polar surface area (TPSA) is 16.4 Å². The summed E-state index contributed by atoms with van der Waals surface area (Å²) < 4.78 is 6.18. The van der Waals surface area contributed by atoms with Crippen LogP contribution in [-0.2, 0) is 0 Å². The summed E-state index contributed by atoms with van der Waals surface area (Å²) in [7, 11) is 0. The van der Waals surface area contributed by atoms with Crippen molar-refractivity contribution in [3.8, 4) is 33.4 Å². The van der Waals surface area contributed by atoms with E-state index >= 15 is 0 Å². The summed E-state index contributed by atoms with van der Waals surface area (Å²) in [5.74, 6) is 0. The van der Waals surface area contributed by atoms with Crippen molar-refractivity contribution in [3.63, 3.8) is 0 Å². The number of rotatable bonds is 6. The summed E-state index contributed by atoms with van der Waals surface area (Å²) in [5, 5.41) is 4.69. The van der Waals surface area contributed by atoms with Crippen LogP contribution < -0.4 is 4.90 Å². The van der Waals surface area contributed by atoms with Crippen LogP contribution in [0, 0.1) is 0 Å². The maximum Gasteiger partial charge on any atom is 0.136 e. The molecule has 0 fully saturated rings. The predicted molar refractivity (Wildman–Crippen MR) is 202 cm³/mol. The van der Waals surface area contributed by atoms with E-state index in [0.29, 0.717) is 0 Å². The number of hydrogen-bond donors (Lipinski definition) is 0. The van der Waals surface area contributed by atoms with Crippen LogP contribution >= 0.6 is 0 Å². The molecule has 2 nitrogen and oxygen atoms in total. The summed E-state index contributed by atoms with van der Waals surface area (Å²) in [4.78, 5) is 2.31. The van der Waals surface area contributed by atoms with E-state index < -0.39 is 0 Å². The summed E-state index contributed by atoms with van der Waals surface area (Å²) in [6.07, 6.45) is 0. The molecule has 0 bridgehead atoms. The van der Waals surface area contributed by atoms with Crippen molar-refractivity contribution in [1.82, 2.24) is 0 Å². The lowest BCUT2D eigenvalue weighted by Crippen LogP contribution is -2.09. The van der Waals surface area contributed by atoms with Gasteiger partial charge in [-0.3, -0.25) is 0 Å². The third kappa shape index (κ3) is 5.10. The number of anilines is 3. The standard InChI is InChI=1S/C46H31NO/c1-3-10-32(11-4-1)35-12-9-13-36(28-35)33-20-24-41(25-21-33)47(40-14-5-2-6-15-40)42-26-22-34(23-27-42)37-18-19-38-30-44-43-16-7-8-17-45(43)48-46(44)31-39(38)29-37/h1-31H. The molecule has 0 atom stereocenters. The number of nitrogens with zero attached hydrogens (tertiary/aromatic N) is 1. The molecule has 0 aliphatic carbocycles. The molecule has 0 saturated carbocycles. The fraction of sp³-hybridized carbons (Fsp3) is 0. The maximum atomic E-state index is 6.18. The molecular weight excluding hydrogens is 583 g/mol. The van der Waals surface area contributed by atoms with Gasteiger partial charge < -0.3 is 9.32 Å². The van der Waals surface area contributed by atoms with E-state index in [0.717, 1.165) is 39.0 Å². The highest BCUT2D eigenvalue weighted by Gasteiger charge is 2.14. The van der Waals surface area contributed by atoms with Crippen molar-refractivity contribution >= 4 is 49.8 Å². The maximum absolute atomic E-state index is 6.18. The van der Waals surface area contributed by atoms with Crippen molar-refractivity contribution in [2.24, 2.45) is 0 Å². The van der Waals surface area contributed by atoms with Gasteiger partial charge in [0.2, 0.25) is 0 Å². The quantitative estimate of drug-likeness (QED) is 0.185. The molecule has 2 heteroatoms. The van der Waals surface area contributed by atoms with E-state index in [9.17, 15) is 0 Å². The first-order valence-corrected chi connectivity index (χ1v) is 16.3. The molecule has 226 valence electrons. The Morgan fingerprint density at radius 2 is 0.812 bits per heavy atom. The lowest BCUT2D eigenvalue weighted by molar-refractivity contribution is 0.669. The highest BCUT2D eigenvalue weighted by molar-refractivity contribution is 6.10. The zero-order valence-electron chi connectivity index (χ0n) is 26.3. The second-order valence-electron chi connectivity index (χ2n) is 12.2. The monoisotopic (exact) mass is 613 g/mol. The van der Waals surface area contributed by atoms with Gasteiger partial charge in [0.05, 0.1) is 0 Å². The molecule has 1 heterocycles. The van der Waals surface area contributed by atoms with Gasteiger partial charge in [0.1, 0.15) is 11.2 Å². The fourth-order valence-corrected chi connectivity index (χ4v) is 6.79. The Morgan fingerprint density at radius 1 is 0.292 bits per heavy atom. The van der Waals surface area contributed by atoms with Crippen LogP contribution in [0.5, 0.6) is 0 Å². The largest absolute Gasteiger partial charge is 0.456 e. The van der Waals surface area contributed by atoms with Gasteiger partial charge in [-0.25, -0.2) is 0 Å². The number of benzene rings is 8. The average molecular weight is 614 g/mol. The smallest absolute Gasteiger partial charge is 0.136 e. The first-order valence-electron chi connectivity index (χ1n) is 16.3. The van der Waals surface area contributed by atoms with Gasteiger partial charge in [-0.05, 0) is 111 Å². The van der Waals surface area contributed by atoms with Crippen LogP contribution in [0.3, 0.4) is 0 Å². The molecule has 48 heavy (non-hydrogen) atoms. The molecule has 9 aromatic rings. The highest BCUT2D eigenvalue weighted by Crippen LogP contribution is 2.38. The molecule has 0 radical (unpaired) electrons. The predicted octanol–water partition coefficient (Wildman–Crippen LogP) is 13.2. The molecule has 0 aliphatic rings. The van der Waals surface area contributed by atoms with Crippen LogP contribution in [0.4, 0.5) is 17.1 Å². The Balaban J connectivity index is 1.04. The molecular formula is C46H31NO. The van der Waals surface area contributed by atoms with Gasteiger partial charge >= 0.3 is 0 Å². The van der Waals surface area contributed by atoms with E-state index in [2.05, 4.69) is 181 Å². The fourth-order valence-electron chi connectivity index (χ4n) is 6.79. The van der Waals surface area contributed by atoms with Crippen LogP contribution in [0.25, 0.3) is 66.1 Å². The Kier molecular flexibility index (Phi) is 6.84. The second kappa shape index (κ2) is 11.8. The molecule has 0 N–H and O–H groups in total. The Labute approximate surface area is 279 Å². The lowest BCUT2D eigenvalue weighted by Gasteiger charge is -2.26. The average Bonchev–Trinajstić information content (AvgIpc) is 3.52. The lowest BCUT2D eigenvalue weighted by atomic mass is 9.98. The highest BCUT2D eigenvalue weighted by atomic mass is 16.3. The normalized spacial score (nSPS) is 11.3. The van der Waals surface area contributed by atoms with E-state index in [1.54, 1.807) is 0 Å². The SMILES string of the molecule is c1ccc(-c2cccc(-c3ccc(N(c4ccccc4)c4ccc(-c5ccc6cc7c(cc6c5)oc5ccccc57)cc4)cc3)c2)cc1. The molecule has 9 rings (SSSR count). The molecule has 8 aromatic carbocycles. The van der Waals surface area contributed by atoms with Crippen molar-refractivity contribution in [1.29, 1.82) is 0 Å². The molecule has 0 saturated heterocycles. The van der Waals surface area contributed by atoms with Crippen molar-refractivity contribution < 1.29 is 4.42 Å². The van der Waals surface area contributed by atoms with Crippen molar-refractivity contribution in [2.75, 3.05) is 4.90 Å².